The van der Waals surface area contributed by atoms with Gasteiger partial charge >= 0.3 is 0 Å². The molecule has 6 nitrogen and oxygen atoms in total. The molecule has 0 saturated carbocycles. The van der Waals surface area contributed by atoms with E-state index in [-0.39, 0.29) is 11.8 Å². The zero-order valence-electron chi connectivity index (χ0n) is 13.1. The summed E-state index contributed by atoms with van der Waals surface area (Å²) in [5.74, 6) is 2.04. The van der Waals surface area contributed by atoms with Crippen LogP contribution in [0.25, 0.3) is 0 Å². The third-order valence-corrected chi connectivity index (χ3v) is 4.00. The third kappa shape index (κ3) is 3.43. The van der Waals surface area contributed by atoms with Gasteiger partial charge in [-0.05, 0) is 19.3 Å². The molecule has 6 heteroatoms. The van der Waals surface area contributed by atoms with Gasteiger partial charge in [0.15, 0.2) is 0 Å². The molecule has 2 heterocycles. The number of rotatable bonds is 5. The van der Waals surface area contributed by atoms with Crippen LogP contribution in [0.3, 0.4) is 0 Å². The predicted octanol–water partition coefficient (Wildman–Crippen LogP) is 1.43. The van der Waals surface area contributed by atoms with E-state index in [0.29, 0.717) is 0 Å². The second-order valence-electron chi connectivity index (χ2n) is 5.42. The minimum Gasteiger partial charge on any atom is -0.373 e. The van der Waals surface area contributed by atoms with E-state index in [0.717, 1.165) is 56.0 Å². The Kier molecular flexibility index (Phi) is 5.36. The van der Waals surface area contributed by atoms with Gasteiger partial charge in [0, 0.05) is 32.7 Å². The summed E-state index contributed by atoms with van der Waals surface area (Å²) in [6, 6.07) is 0. The van der Waals surface area contributed by atoms with Gasteiger partial charge < -0.3 is 15.5 Å². The van der Waals surface area contributed by atoms with E-state index in [9.17, 15) is 4.79 Å². The van der Waals surface area contributed by atoms with Crippen molar-refractivity contribution in [3.8, 4) is 0 Å². The van der Waals surface area contributed by atoms with Gasteiger partial charge in [-0.1, -0.05) is 13.3 Å². The molecule has 2 rings (SSSR count). The second kappa shape index (κ2) is 7.24. The number of nitrogens with zero attached hydrogens (tertiary/aromatic N) is 3. The van der Waals surface area contributed by atoms with Gasteiger partial charge in [0.1, 0.15) is 18.0 Å². The number of hydrogen-bond donors (Lipinski definition) is 2. The maximum Gasteiger partial charge on any atom is 0.224 e. The molecule has 0 spiro atoms. The molecule has 1 fully saturated rings. The van der Waals surface area contributed by atoms with Crippen LogP contribution in [-0.4, -0.2) is 43.1 Å². The Labute approximate surface area is 126 Å². The van der Waals surface area contributed by atoms with Crippen LogP contribution in [-0.2, 0) is 11.2 Å². The summed E-state index contributed by atoms with van der Waals surface area (Å²) in [6.07, 6.45) is 5.55. The first-order valence-corrected chi connectivity index (χ1v) is 7.69. The SMILES string of the molecule is CCCc1c(NC)ncnc1N1CCCC(C(=O)NC)C1. The van der Waals surface area contributed by atoms with Gasteiger partial charge in [-0.15, -0.1) is 0 Å². The number of carbonyl (C=O) groups is 1. The monoisotopic (exact) mass is 291 g/mol. The van der Waals surface area contributed by atoms with Gasteiger partial charge in [-0.25, -0.2) is 9.97 Å². The highest BCUT2D eigenvalue weighted by Gasteiger charge is 2.27. The lowest BCUT2D eigenvalue weighted by molar-refractivity contribution is -0.124. The van der Waals surface area contributed by atoms with Crippen molar-refractivity contribution in [2.75, 3.05) is 37.4 Å². The fourth-order valence-corrected chi connectivity index (χ4v) is 2.96. The van der Waals surface area contributed by atoms with Crippen molar-refractivity contribution in [2.45, 2.75) is 32.6 Å². The van der Waals surface area contributed by atoms with Crippen molar-refractivity contribution in [1.29, 1.82) is 0 Å². The molecule has 1 amide bonds. The van der Waals surface area contributed by atoms with Crippen molar-refractivity contribution in [3.05, 3.63) is 11.9 Å². The minimum atomic E-state index is 0.0474. The van der Waals surface area contributed by atoms with Crippen molar-refractivity contribution >= 4 is 17.5 Å². The van der Waals surface area contributed by atoms with E-state index in [4.69, 9.17) is 0 Å². The summed E-state index contributed by atoms with van der Waals surface area (Å²) < 4.78 is 0. The summed E-state index contributed by atoms with van der Waals surface area (Å²) in [5.41, 5.74) is 1.15. The molecule has 0 bridgehead atoms. The fourth-order valence-electron chi connectivity index (χ4n) is 2.96. The van der Waals surface area contributed by atoms with Gasteiger partial charge in [0.2, 0.25) is 5.91 Å². The molecule has 0 aliphatic carbocycles. The Bertz CT molecular complexity index is 491. The number of hydrogen-bond acceptors (Lipinski definition) is 5. The van der Waals surface area contributed by atoms with Crippen molar-refractivity contribution in [2.24, 2.45) is 5.92 Å². The van der Waals surface area contributed by atoms with E-state index in [1.54, 1.807) is 13.4 Å². The Balaban J connectivity index is 2.26. The van der Waals surface area contributed by atoms with E-state index < -0.39 is 0 Å². The van der Waals surface area contributed by atoms with Crippen LogP contribution in [0.1, 0.15) is 31.7 Å². The van der Waals surface area contributed by atoms with Crippen LogP contribution >= 0.6 is 0 Å². The van der Waals surface area contributed by atoms with Crippen LogP contribution in [0.2, 0.25) is 0 Å². The summed E-state index contributed by atoms with van der Waals surface area (Å²) in [7, 11) is 3.59. The topological polar surface area (TPSA) is 70.2 Å². The Hall–Kier alpha value is -1.85. The molecule has 1 unspecified atom stereocenters. The molecule has 1 aromatic heterocycles. The maximum atomic E-state index is 11.9. The fraction of sp³-hybridized carbons (Fsp3) is 0.667. The van der Waals surface area contributed by atoms with Crippen LogP contribution in [0.4, 0.5) is 11.6 Å². The van der Waals surface area contributed by atoms with Crippen molar-refractivity contribution < 1.29 is 4.79 Å². The second-order valence-corrected chi connectivity index (χ2v) is 5.42. The number of piperidine rings is 1. The minimum absolute atomic E-state index is 0.0474. The lowest BCUT2D eigenvalue weighted by atomic mass is 9.96. The lowest BCUT2D eigenvalue weighted by Crippen LogP contribution is -2.43. The molecule has 2 N–H and O–H groups in total. The summed E-state index contributed by atoms with van der Waals surface area (Å²) in [4.78, 5) is 22.9. The van der Waals surface area contributed by atoms with E-state index in [1.807, 2.05) is 7.05 Å². The van der Waals surface area contributed by atoms with Crippen molar-refractivity contribution in [1.82, 2.24) is 15.3 Å². The van der Waals surface area contributed by atoms with Gasteiger partial charge in [-0.2, -0.15) is 0 Å². The molecular formula is C15H25N5O. The average Bonchev–Trinajstić information content (AvgIpc) is 2.54. The molecule has 1 saturated heterocycles. The molecule has 21 heavy (non-hydrogen) atoms. The lowest BCUT2D eigenvalue weighted by Gasteiger charge is -2.34. The highest BCUT2D eigenvalue weighted by atomic mass is 16.1. The highest BCUT2D eigenvalue weighted by molar-refractivity contribution is 5.79. The van der Waals surface area contributed by atoms with E-state index in [1.165, 1.54) is 0 Å². The van der Waals surface area contributed by atoms with E-state index >= 15 is 0 Å². The Morgan fingerprint density at radius 2 is 2.24 bits per heavy atom. The number of amides is 1. The van der Waals surface area contributed by atoms with Crippen LogP contribution in [0.15, 0.2) is 6.33 Å². The van der Waals surface area contributed by atoms with Crippen LogP contribution in [0, 0.1) is 5.92 Å². The molecule has 0 radical (unpaired) electrons. The first-order chi connectivity index (χ1) is 10.2. The zero-order valence-corrected chi connectivity index (χ0v) is 13.1. The number of aromatic nitrogens is 2. The molecule has 1 aliphatic heterocycles. The normalized spacial score (nSPS) is 18.4. The number of carbonyl (C=O) groups excluding carboxylic acids is 1. The van der Waals surface area contributed by atoms with Gasteiger partial charge in [-0.3, -0.25) is 4.79 Å². The van der Waals surface area contributed by atoms with Crippen LogP contribution < -0.4 is 15.5 Å². The van der Waals surface area contributed by atoms with Gasteiger partial charge in [0.25, 0.3) is 0 Å². The summed E-state index contributed by atoms with van der Waals surface area (Å²) in [5, 5.41) is 5.91. The quantitative estimate of drug-likeness (QED) is 0.859. The maximum absolute atomic E-state index is 11.9. The summed E-state index contributed by atoms with van der Waals surface area (Å²) >= 11 is 0. The largest absolute Gasteiger partial charge is 0.373 e. The molecular weight excluding hydrogens is 266 g/mol. The molecule has 0 aromatic carbocycles. The highest BCUT2D eigenvalue weighted by Crippen LogP contribution is 2.28. The number of anilines is 2. The third-order valence-electron chi connectivity index (χ3n) is 4.00. The average molecular weight is 291 g/mol. The molecule has 116 valence electrons. The molecule has 1 atom stereocenters. The van der Waals surface area contributed by atoms with Crippen LogP contribution in [0.5, 0.6) is 0 Å². The van der Waals surface area contributed by atoms with Gasteiger partial charge in [0.05, 0.1) is 5.92 Å². The van der Waals surface area contributed by atoms with Crippen molar-refractivity contribution in [3.63, 3.8) is 0 Å². The first-order valence-electron chi connectivity index (χ1n) is 7.69. The first kappa shape index (κ1) is 15.5. The zero-order chi connectivity index (χ0) is 15.2. The Morgan fingerprint density at radius 3 is 2.90 bits per heavy atom. The molecule has 1 aromatic rings. The van der Waals surface area contributed by atoms with E-state index in [2.05, 4.69) is 32.4 Å². The summed E-state index contributed by atoms with van der Waals surface area (Å²) in [6.45, 7) is 3.83. The standard InChI is InChI=1S/C15H25N5O/c1-4-6-12-13(16-2)18-10-19-14(12)20-8-5-7-11(9-20)15(21)17-3/h10-11H,4-9H2,1-3H3,(H,17,21)(H,16,18,19). The smallest absolute Gasteiger partial charge is 0.224 e. The molecule has 1 aliphatic rings. The predicted molar refractivity (Wildman–Crippen MR) is 84.6 cm³/mol. The number of nitrogens with one attached hydrogen (secondary N) is 2. The Morgan fingerprint density at radius 1 is 1.43 bits per heavy atom.